The van der Waals surface area contributed by atoms with E-state index >= 15 is 0 Å². The molecule has 2 aromatic rings. The number of anilines is 1. The Morgan fingerprint density at radius 1 is 1.08 bits per heavy atom. The summed E-state index contributed by atoms with van der Waals surface area (Å²) in [4.78, 5) is 15.1. The van der Waals surface area contributed by atoms with Gasteiger partial charge in [-0.25, -0.2) is 4.79 Å². The van der Waals surface area contributed by atoms with Crippen LogP contribution in [0.1, 0.15) is 55.3 Å². The van der Waals surface area contributed by atoms with Crippen molar-refractivity contribution in [3.8, 4) is 0 Å². The molecule has 1 N–H and O–H groups in total. The number of carbonyl (C=O) groups excluding carboxylic acids is 1. The van der Waals surface area contributed by atoms with Crippen LogP contribution in [0.3, 0.4) is 0 Å². The maximum atomic E-state index is 13.1. The standard InChI is InChI=1S/C22H28N2O/c1-3-18-9-6-7-10-20(18)23-22(25)24-16-8-4-5-11-21(24)19-14-12-17(2)13-15-19/h6-7,9-10,12-15,21H,3-5,8,11,16H2,1-2H3,(H,23,25). The number of aryl methyl sites for hydroxylation is 2. The van der Waals surface area contributed by atoms with E-state index in [1.165, 1.54) is 29.5 Å². The number of hydrogen-bond donors (Lipinski definition) is 1. The lowest BCUT2D eigenvalue weighted by Crippen LogP contribution is -2.38. The van der Waals surface area contributed by atoms with E-state index in [2.05, 4.69) is 49.5 Å². The Morgan fingerprint density at radius 3 is 2.60 bits per heavy atom. The van der Waals surface area contributed by atoms with Crippen molar-refractivity contribution in [2.75, 3.05) is 11.9 Å². The minimum absolute atomic E-state index is 0.0216. The monoisotopic (exact) mass is 336 g/mol. The molecule has 3 rings (SSSR count). The molecule has 2 aromatic carbocycles. The molecular weight excluding hydrogens is 308 g/mol. The zero-order valence-electron chi connectivity index (χ0n) is 15.3. The highest BCUT2D eigenvalue weighted by Crippen LogP contribution is 2.31. The Labute approximate surface area is 151 Å². The zero-order valence-corrected chi connectivity index (χ0v) is 15.3. The number of nitrogens with zero attached hydrogens (tertiary/aromatic N) is 1. The summed E-state index contributed by atoms with van der Waals surface area (Å²) >= 11 is 0. The van der Waals surface area contributed by atoms with Crippen molar-refractivity contribution in [3.05, 3.63) is 65.2 Å². The van der Waals surface area contributed by atoms with Crippen molar-refractivity contribution < 1.29 is 4.79 Å². The summed E-state index contributed by atoms with van der Waals surface area (Å²) in [6, 6.07) is 16.9. The molecule has 2 amide bonds. The molecule has 3 nitrogen and oxygen atoms in total. The molecular formula is C22H28N2O. The number of likely N-dealkylation sites (tertiary alicyclic amines) is 1. The summed E-state index contributed by atoms with van der Waals surface area (Å²) in [6.07, 6.45) is 5.39. The number of hydrogen-bond acceptors (Lipinski definition) is 1. The average molecular weight is 336 g/mol. The van der Waals surface area contributed by atoms with Crippen LogP contribution in [0, 0.1) is 6.92 Å². The Kier molecular flexibility index (Phi) is 5.75. The third kappa shape index (κ3) is 4.22. The second-order valence-corrected chi connectivity index (χ2v) is 6.91. The van der Waals surface area contributed by atoms with E-state index < -0.39 is 0 Å². The average Bonchev–Trinajstić information content (AvgIpc) is 2.89. The Balaban J connectivity index is 1.83. The molecule has 0 aliphatic carbocycles. The lowest BCUT2D eigenvalue weighted by atomic mass is 10.00. The van der Waals surface area contributed by atoms with Crippen LogP contribution in [0.4, 0.5) is 10.5 Å². The largest absolute Gasteiger partial charge is 0.322 e. The van der Waals surface area contributed by atoms with Gasteiger partial charge in [-0.3, -0.25) is 0 Å². The highest BCUT2D eigenvalue weighted by molar-refractivity contribution is 5.90. The second-order valence-electron chi connectivity index (χ2n) is 6.91. The van der Waals surface area contributed by atoms with Gasteiger partial charge in [-0.15, -0.1) is 0 Å². The number of nitrogens with one attached hydrogen (secondary N) is 1. The van der Waals surface area contributed by atoms with Crippen molar-refractivity contribution >= 4 is 11.7 Å². The van der Waals surface area contributed by atoms with Crippen LogP contribution >= 0.6 is 0 Å². The maximum Gasteiger partial charge on any atom is 0.322 e. The fourth-order valence-corrected chi connectivity index (χ4v) is 3.62. The van der Waals surface area contributed by atoms with Crippen molar-refractivity contribution in [3.63, 3.8) is 0 Å². The van der Waals surface area contributed by atoms with Crippen LogP contribution in [0.15, 0.2) is 48.5 Å². The molecule has 1 saturated heterocycles. The number of rotatable bonds is 3. The molecule has 132 valence electrons. The van der Waals surface area contributed by atoms with Gasteiger partial charge in [0.2, 0.25) is 0 Å². The molecule has 0 radical (unpaired) electrons. The fraction of sp³-hybridized carbons (Fsp3) is 0.409. The molecule has 1 unspecified atom stereocenters. The van der Waals surface area contributed by atoms with Crippen LogP contribution < -0.4 is 5.32 Å². The summed E-state index contributed by atoms with van der Waals surface area (Å²) in [7, 11) is 0. The van der Waals surface area contributed by atoms with Gasteiger partial charge >= 0.3 is 6.03 Å². The minimum Gasteiger partial charge on any atom is -0.317 e. The number of carbonyl (C=O) groups is 1. The molecule has 1 aliphatic heterocycles. The predicted octanol–water partition coefficient (Wildman–Crippen LogP) is 5.71. The van der Waals surface area contributed by atoms with Gasteiger partial charge in [-0.2, -0.15) is 0 Å². The van der Waals surface area contributed by atoms with Crippen molar-refractivity contribution in [1.29, 1.82) is 0 Å². The van der Waals surface area contributed by atoms with Crippen LogP contribution in [-0.4, -0.2) is 17.5 Å². The first kappa shape index (κ1) is 17.5. The molecule has 1 atom stereocenters. The summed E-state index contributed by atoms with van der Waals surface area (Å²) in [6.45, 7) is 5.04. The molecule has 0 aromatic heterocycles. The predicted molar refractivity (Wildman–Crippen MR) is 104 cm³/mol. The normalized spacial score (nSPS) is 17.8. The zero-order chi connectivity index (χ0) is 17.6. The minimum atomic E-state index is 0.0216. The van der Waals surface area contributed by atoms with E-state index in [1.54, 1.807) is 0 Å². The third-order valence-electron chi connectivity index (χ3n) is 5.12. The molecule has 25 heavy (non-hydrogen) atoms. The Morgan fingerprint density at radius 2 is 1.84 bits per heavy atom. The smallest absolute Gasteiger partial charge is 0.317 e. The van der Waals surface area contributed by atoms with Gasteiger partial charge in [0.1, 0.15) is 0 Å². The summed E-state index contributed by atoms with van der Waals surface area (Å²) in [5.41, 5.74) is 4.61. The van der Waals surface area contributed by atoms with E-state index in [0.29, 0.717) is 0 Å². The number of benzene rings is 2. The highest BCUT2D eigenvalue weighted by atomic mass is 16.2. The van der Waals surface area contributed by atoms with E-state index in [-0.39, 0.29) is 12.1 Å². The van der Waals surface area contributed by atoms with Crippen LogP contribution in [0.5, 0.6) is 0 Å². The summed E-state index contributed by atoms with van der Waals surface area (Å²) < 4.78 is 0. The van der Waals surface area contributed by atoms with Crippen molar-refractivity contribution in [2.24, 2.45) is 0 Å². The highest BCUT2D eigenvalue weighted by Gasteiger charge is 2.27. The van der Waals surface area contributed by atoms with Gasteiger partial charge in [0.05, 0.1) is 6.04 Å². The summed E-state index contributed by atoms with van der Waals surface area (Å²) in [5, 5.41) is 3.16. The van der Waals surface area contributed by atoms with Crippen molar-refractivity contribution in [2.45, 2.75) is 52.0 Å². The summed E-state index contributed by atoms with van der Waals surface area (Å²) in [5.74, 6) is 0. The third-order valence-corrected chi connectivity index (χ3v) is 5.12. The molecule has 1 aliphatic rings. The quantitative estimate of drug-likeness (QED) is 0.765. The molecule has 1 fully saturated rings. The first-order chi connectivity index (χ1) is 12.2. The first-order valence-electron chi connectivity index (χ1n) is 9.41. The Hall–Kier alpha value is -2.29. The van der Waals surface area contributed by atoms with Gasteiger partial charge in [0.15, 0.2) is 0 Å². The molecule has 0 bridgehead atoms. The van der Waals surface area contributed by atoms with Crippen molar-refractivity contribution in [1.82, 2.24) is 4.90 Å². The lowest BCUT2D eigenvalue weighted by molar-refractivity contribution is 0.189. The van der Waals surface area contributed by atoms with Crippen LogP contribution in [0.2, 0.25) is 0 Å². The number of urea groups is 1. The molecule has 1 heterocycles. The fourth-order valence-electron chi connectivity index (χ4n) is 3.62. The maximum absolute atomic E-state index is 13.1. The van der Waals surface area contributed by atoms with Gasteiger partial charge in [0, 0.05) is 12.2 Å². The molecule has 3 heteroatoms. The Bertz CT molecular complexity index is 708. The topological polar surface area (TPSA) is 32.3 Å². The first-order valence-corrected chi connectivity index (χ1v) is 9.41. The second kappa shape index (κ2) is 8.19. The number of amides is 2. The van der Waals surface area contributed by atoms with Gasteiger partial charge in [-0.1, -0.05) is 67.8 Å². The van der Waals surface area contributed by atoms with E-state index in [9.17, 15) is 4.79 Å². The molecule has 0 saturated carbocycles. The van der Waals surface area contributed by atoms with E-state index in [0.717, 1.165) is 31.5 Å². The van der Waals surface area contributed by atoms with E-state index in [4.69, 9.17) is 0 Å². The van der Waals surface area contributed by atoms with Gasteiger partial charge in [-0.05, 0) is 43.4 Å². The van der Waals surface area contributed by atoms with Gasteiger partial charge in [0.25, 0.3) is 0 Å². The SMILES string of the molecule is CCc1ccccc1NC(=O)N1CCCCCC1c1ccc(C)cc1. The molecule has 0 spiro atoms. The van der Waals surface area contributed by atoms with Crippen LogP contribution in [0.25, 0.3) is 0 Å². The van der Waals surface area contributed by atoms with Crippen LogP contribution in [-0.2, 0) is 6.42 Å². The lowest BCUT2D eigenvalue weighted by Gasteiger charge is -2.31. The van der Waals surface area contributed by atoms with Gasteiger partial charge < -0.3 is 10.2 Å². The van der Waals surface area contributed by atoms with E-state index in [1.807, 2.05) is 23.1 Å². The number of para-hydroxylation sites is 1.